The highest BCUT2D eigenvalue weighted by Gasteiger charge is 2.16. The van der Waals surface area contributed by atoms with Crippen molar-refractivity contribution in [3.8, 4) is 0 Å². The lowest BCUT2D eigenvalue weighted by Gasteiger charge is -2.26. The standard InChI is InChI=1S/C12H25NOS/c1-11-3-5-12(6-4-11)13-7-10-15-9-2-8-14/h11-14H,2-10H2,1H3. The Balaban J connectivity index is 1.87. The van der Waals surface area contributed by atoms with Crippen LogP contribution in [0.5, 0.6) is 0 Å². The molecule has 0 bridgehead atoms. The second-order valence-corrected chi connectivity index (χ2v) is 5.83. The van der Waals surface area contributed by atoms with Gasteiger partial charge in [0.25, 0.3) is 0 Å². The van der Waals surface area contributed by atoms with E-state index in [1.807, 2.05) is 11.8 Å². The average Bonchev–Trinajstić information content (AvgIpc) is 2.26. The van der Waals surface area contributed by atoms with Crippen LogP contribution in [0, 0.1) is 5.92 Å². The minimum Gasteiger partial charge on any atom is -0.396 e. The van der Waals surface area contributed by atoms with Gasteiger partial charge >= 0.3 is 0 Å². The summed E-state index contributed by atoms with van der Waals surface area (Å²) in [4.78, 5) is 0. The number of aliphatic hydroxyl groups is 1. The minimum atomic E-state index is 0.334. The number of hydrogen-bond acceptors (Lipinski definition) is 3. The molecule has 0 heterocycles. The topological polar surface area (TPSA) is 32.3 Å². The van der Waals surface area contributed by atoms with Gasteiger partial charge in [0.15, 0.2) is 0 Å². The summed E-state index contributed by atoms with van der Waals surface area (Å²) < 4.78 is 0. The summed E-state index contributed by atoms with van der Waals surface area (Å²) >= 11 is 1.94. The normalized spacial score (nSPS) is 26.8. The fourth-order valence-corrected chi connectivity index (χ4v) is 2.87. The van der Waals surface area contributed by atoms with E-state index in [0.717, 1.165) is 30.7 Å². The third kappa shape index (κ3) is 6.44. The molecule has 1 saturated carbocycles. The van der Waals surface area contributed by atoms with Crippen molar-refractivity contribution in [1.82, 2.24) is 5.32 Å². The number of thioether (sulfide) groups is 1. The summed E-state index contributed by atoms with van der Waals surface area (Å²) in [5.41, 5.74) is 0. The number of rotatable bonds is 7. The summed E-state index contributed by atoms with van der Waals surface area (Å²) in [6.45, 7) is 3.83. The van der Waals surface area contributed by atoms with Crippen LogP contribution in [-0.4, -0.2) is 35.8 Å². The molecular formula is C12H25NOS. The van der Waals surface area contributed by atoms with Crippen LogP contribution in [0.3, 0.4) is 0 Å². The summed E-state index contributed by atoms with van der Waals surface area (Å²) in [6.07, 6.45) is 6.46. The molecule has 0 radical (unpaired) electrons. The molecule has 1 aliphatic carbocycles. The highest BCUT2D eigenvalue weighted by atomic mass is 32.2. The van der Waals surface area contributed by atoms with Gasteiger partial charge < -0.3 is 10.4 Å². The van der Waals surface area contributed by atoms with E-state index in [0.29, 0.717) is 6.61 Å². The van der Waals surface area contributed by atoms with Gasteiger partial charge in [0, 0.05) is 24.9 Å². The maximum atomic E-state index is 8.62. The quantitative estimate of drug-likeness (QED) is 0.659. The van der Waals surface area contributed by atoms with Gasteiger partial charge in [0.1, 0.15) is 0 Å². The molecule has 0 aromatic carbocycles. The molecule has 0 aromatic heterocycles. The lowest BCUT2D eigenvalue weighted by Crippen LogP contribution is -2.34. The van der Waals surface area contributed by atoms with Crippen LogP contribution in [0.4, 0.5) is 0 Å². The SMILES string of the molecule is CC1CCC(NCCSCCCO)CC1. The van der Waals surface area contributed by atoms with E-state index in [1.54, 1.807) is 0 Å². The van der Waals surface area contributed by atoms with Gasteiger partial charge in [-0.05, 0) is 43.8 Å². The Morgan fingerprint density at radius 1 is 1.20 bits per heavy atom. The van der Waals surface area contributed by atoms with Crippen molar-refractivity contribution < 1.29 is 5.11 Å². The summed E-state index contributed by atoms with van der Waals surface area (Å²) in [7, 11) is 0. The lowest BCUT2D eigenvalue weighted by molar-refractivity contribution is 0.296. The van der Waals surface area contributed by atoms with Gasteiger partial charge in [0.05, 0.1) is 0 Å². The van der Waals surface area contributed by atoms with E-state index >= 15 is 0 Å². The molecule has 0 amide bonds. The molecule has 0 aliphatic heterocycles. The van der Waals surface area contributed by atoms with Crippen LogP contribution in [0.2, 0.25) is 0 Å². The van der Waals surface area contributed by atoms with Crippen molar-refractivity contribution in [3.05, 3.63) is 0 Å². The Morgan fingerprint density at radius 2 is 1.93 bits per heavy atom. The van der Waals surface area contributed by atoms with Crippen molar-refractivity contribution in [2.24, 2.45) is 5.92 Å². The van der Waals surface area contributed by atoms with Gasteiger partial charge in [0.2, 0.25) is 0 Å². The fourth-order valence-electron chi connectivity index (χ4n) is 2.07. The molecule has 90 valence electrons. The smallest absolute Gasteiger partial charge is 0.0438 e. The van der Waals surface area contributed by atoms with Crippen molar-refractivity contribution >= 4 is 11.8 Å². The van der Waals surface area contributed by atoms with Gasteiger partial charge in [-0.2, -0.15) is 11.8 Å². The third-order valence-corrected chi connectivity index (χ3v) is 4.21. The van der Waals surface area contributed by atoms with Gasteiger partial charge in [-0.15, -0.1) is 0 Å². The number of aliphatic hydroxyl groups excluding tert-OH is 1. The molecule has 2 nitrogen and oxygen atoms in total. The largest absolute Gasteiger partial charge is 0.396 e. The second kappa shape index (κ2) is 8.43. The maximum Gasteiger partial charge on any atom is 0.0438 e. The second-order valence-electron chi connectivity index (χ2n) is 4.60. The van der Waals surface area contributed by atoms with E-state index in [1.165, 1.54) is 31.4 Å². The van der Waals surface area contributed by atoms with E-state index in [4.69, 9.17) is 5.11 Å². The fraction of sp³-hybridized carbons (Fsp3) is 1.00. The molecule has 0 aromatic rings. The molecule has 1 rings (SSSR count). The molecule has 1 aliphatic rings. The Kier molecular flexibility index (Phi) is 7.49. The van der Waals surface area contributed by atoms with Crippen molar-refractivity contribution in [3.63, 3.8) is 0 Å². The first-order valence-electron chi connectivity index (χ1n) is 6.25. The molecular weight excluding hydrogens is 206 g/mol. The van der Waals surface area contributed by atoms with E-state index in [2.05, 4.69) is 12.2 Å². The molecule has 0 saturated heterocycles. The molecule has 15 heavy (non-hydrogen) atoms. The van der Waals surface area contributed by atoms with Gasteiger partial charge in [-0.25, -0.2) is 0 Å². The highest BCUT2D eigenvalue weighted by molar-refractivity contribution is 7.99. The Bertz CT molecular complexity index is 147. The predicted octanol–water partition coefficient (Wildman–Crippen LogP) is 2.27. The number of hydrogen-bond donors (Lipinski definition) is 2. The van der Waals surface area contributed by atoms with Crippen molar-refractivity contribution in [2.45, 2.75) is 45.1 Å². The molecule has 3 heteroatoms. The van der Waals surface area contributed by atoms with E-state index < -0.39 is 0 Å². The van der Waals surface area contributed by atoms with Crippen LogP contribution in [0.25, 0.3) is 0 Å². The predicted molar refractivity (Wildman–Crippen MR) is 68.5 cm³/mol. The Labute approximate surface area is 98.2 Å². The molecule has 1 fully saturated rings. The first-order valence-corrected chi connectivity index (χ1v) is 7.40. The van der Waals surface area contributed by atoms with Gasteiger partial charge in [-0.1, -0.05) is 6.92 Å². The Morgan fingerprint density at radius 3 is 2.60 bits per heavy atom. The third-order valence-electron chi connectivity index (χ3n) is 3.14. The lowest BCUT2D eigenvalue weighted by atomic mass is 9.87. The summed E-state index contributed by atoms with van der Waals surface area (Å²) in [6, 6.07) is 0.777. The zero-order valence-corrected chi connectivity index (χ0v) is 10.7. The summed E-state index contributed by atoms with van der Waals surface area (Å²) in [5.74, 6) is 3.23. The van der Waals surface area contributed by atoms with Crippen molar-refractivity contribution in [2.75, 3.05) is 24.7 Å². The number of nitrogens with one attached hydrogen (secondary N) is 1. The maximum absolute atomic E-state index is 8.62. The zero-order valence-electron chi connectivity index (χ0n) is 9.87. The van der Waals surface area contributed by atoms with Crippen LogP contribution in [0.15, 0.2) is 0 Å². The van der Waals surface area contributed by atoms with Crippen LogP contribution < -0.4 is 5.32 Å². The summed E-state index contributed by atoms with van der Waals surface area (Å²) in [5, 5.41) is 12.3. The first kappa shape index (κ1) is 13.3. The molecule has 0 atom stereocenters. The van der Waals surface area contributed by atoms with Crippen LogP contribution >= 0.6 is 11.8 Å². The minimum absolute atomic E-state index is 0.334. The van der Waals surface area contributed by atoms with Crippen LogP contribution in [-0.2, 0) is 0 Å². The van der Waals surface area contributed by atoms with E-state index in [9.17, 15) is 0 Å². The van der Waals surface area contributed by atoms with Gasteiger partial charge in [-0.3, -0.25) is 0 Å². The first-order chi connectivity index (χ1) is 7.33. The Hall–Kier alpha value is 0.270. The monoisotopic (exact) mass is 231 g/mol. The van der Waals surface area contributed by atoms with Crippen molar-refractivity contribution in [1.29, 1.82) is 0 Å². The molecule has 2 N–H and O–H groups in total. The zero-order chi connectivity index (χ0) is 10.9. The molecule has 0 spiro atoms. The molecule has 0 unspecified atom stereocenters. The average molecular weight is 231 g/mol. The van der Waals surface area contributed by atoms with Crippen LogP contribution in [0.1, 0.15) is 39.0 Å². The van der Waals surface area contributed by atoms with E-state index in [-0.39, 0.29) is 0 Å². The highest BCUT2D eigenvalue weighted by Crippen LogP contribution is 2.23.